The van der Waals surface area contributed by atoms with Crippen molar-refractivity contribution in [2.24, 2.45) is 5.73 Å². The Morgan fingerprint density at radius 2 is 1.71 bits per heavy atom. The minimum atomic E-state index is -0.616. The van der Waals surface area contributed by atoms with Gasteiger partial charge in [0, 0.05) is 11.6 Å². The Kier molecular flexibility index (Phi) is 3.28. The molecule has 3 rings (SSSR count). The number of rotatable bonds is 3. The van der Waals surface area contributed by atoms with E-state index >= 15 is 0 Å². The molecule has 0 radical (unpaired) electrons. The van der Waals surface area contributed by atoms with Crippen LogP contribution in [0.5, 0.6) is 0 Å². The molecule has 0 aromatic heterocycles. The Labute approximate surface area is 122 Å². The van der Waals surface area contributed by atoms with Gasteiger partial charge in [-0.05, 0) is 11.6 Å². The van der Waals surface area contributed by atoms with E-state index in [1.807, 2.05) is 54.6 Å². The lowest BCUT2D eigenvalue weighted by Gasteiger charge is -2.17. The Balaban J connectivity index is 2.03. The number of nitrogens with two attached hydrogens (primary N) is 1. The van der Waals surface area contributed by atoms with Crippen LogP contribution in [0.2, 0.25) is 0 Å². The van der Waals surface area contributed by atoms with Gasteiger partial charge in [-0.2, -0.15) is 0 Å². The van der Waals surface area contributed by atoms with E-state index in [-0.39, 0.29) is 5.91 Å². The molecule has 4 heteroatoms. The average Bonchev–Trinajstić information content (AvgIpc) is 2.74. The van der Waals surface area contributed by atoms with Gasteiger partial charge in [-0.1, -0.05) is 48.5 Å². The maximum Gasteiger partial charge on any atom is 0.259 e. The minimum absolute atomic E-state index is 0.196. The topological polar surface area (TPSA) is 63.4 Å². The molecule has 4 nitrogen and oxygen atoms in total. The number of para-hydroxylation sites is 1. The summed E-state index contributed by atoms with van der Waals surface area (Å²) in [4.78, 5) is 25.4. The minimum Gasteiger partial charge on any atom is -0.366 e. The second-order valence-electron chi connectivity index (χ2n) is 4.85. The summed E-state index contributed by atoms with van der Waals surface area (Å²) in [5, 5.41) is 0. The lowest BCUT2D eigenvalue weighted by molar-refractivity contribution is -0.115. The van der Waals surface area contributed by atoms with Crippen molar-refractivity contribution >= 4 is 23.1 Å². The van der Waals surface area contributed by atoms with Crippen LogP contribution < -0.4 is 10.6 Å². The first-order chi connectivity index (χ1) is 10.2. The van der Waals surface area contributed by atoms with Gasteiger partial charge in [-0.15, -0.1) is 0 Å². The Hall–Kier alpha value is -2.88. The Morgan fingerprint density at radius 3 is 2.43 bits per heavy atom. The fourth-order valence-electron chi connectivity index (χ4n) is 2.51. The van der Waals surface area contributed by atoms with E-state index in [0.717, 1.165) is 16.8 Å². The Morgan fingerprint density at radius 1 is 1.05 bits per heavy atom. The second kappa shape index (κ2) is 5.25. The quantitative estimate of drug-likeness (QED) is 0.874. The number of nitrogens with zero attached hydrogens (tertiary/aromatic N) is 1. The predicted molar refractivity (Wildman–Crippen MR) is 81.2 cm³/mol. The van der Waals surface area contributed by atoms with Gasteiger partial charge in [-0.25, -0.2) is 0 Å². The molecule has 0 aliphatic carbocycles. The first kappa shape index (κ1) is 13.1. The van der Waals surface area contributed by atoms with Crippen LogP contribution in [-0.2, 0) is 16.1 Å². The van der Waals surface area contributed by atoms with Crippen LogP contribution in [0.4, 0.5) is 5.69 Å². The van der Waals surface area contributed by atoms with Crippen LogP contribution in [0.15, 0.2) is 60.7 Å². The lowest BCUT2D eigenvalue weighted by Crippen LogP contribution is -2.26. The molecule has 2 aromatic carbocycles. The van der Waals surface area contributed by atoms with E-state index in [1.165, 1.54) is 6.08 Å². The molecule has 0 spiro atoms. The second-order valence-corrected chi connectivity index (χ2v) is 4.85. The molecule has 0 fully saturated rings. The fourth-order valence-corrected chi connectivity index (χ4v) is 2.51. The molecule has 1 aliphatic heterocycles. The molecule has 2 aromatic rings. The lowest BCUT2D eigenvalue weighted by atomic mass is 10.1. The van der Waals surface area contributed by atoms with E-state index in [0.29, 0.717) is 12.1 Å². The van der Waals surface area contributed by atoms with Gasteiger partial charge < -0.3 is 10.6 Å². The smallest absolute Gasteiger partial charge is 0.259 e. The van der Waals surface area contributed by atoms with Gasteiger partial charge in [-0.3, -0.25) is 9.59 Å². The highest BCUT2D eigenvalue weighted by Gasteiger charge is 2.32. The van der Waals surface area contributed by atoms with Crippen LogP contribution in [0.3, 0.4) is 0 Å². The van der Waals surface area contributed by atoms with E-state index in [9.17, 15) is 9.59 Å². The molecule has 0 unspecified atom stereocenters. The molecule has 1 aliphatic rings. The highest BCUT2D eigenvalue weighted by molar-refractivity contribution is 6.34. The highest BCUT2D eigenvalue weighted by atomic mass is 16.2. The van der Waals surface area contributed by atoms with E-state index in [4.69, 9.17) is 5.73 Å². The molecule has 0 atom stereocenters. The molecular weight excluding hydrogens is 264 g/mol. The largest absolute Gasteiger partial charge is 0.366 e. The maximum atomic E-state index is 12.6. The zero-order chi connectivity index (χ0) is 14.8. The normalized spacial score (nSPS) is 15.3. The zero-order valence-corrected chi connectivity index (χ0v) is 11.3. The average molecular weight is 278 g/mol. The van der Waals surface area contributed by atoms with Crippen molar-refractivity contribution in [2.75, 3.05) is 4.90 Å². The van der Waals surface area contributed by atoms with Gasteiger partial charge in [0.05, 0.1) is 17.8 Å². The van der Waals surface area contributed by atoms with E-state index < -0.39 is 5.91 Å². The summed E-state index contributed by atoms with van der Waals surface area (Å²) in [5.41, 5.74) is 8.14. The molecule has 2 N–H and O–H groups in total. The van der Waals surface area contributed by atoms with Crippen molar-refractivity contribution in [1.29, 1.82) is 0 Å². The summed E-state index contributed by atoms with van der Waals surface area (Å²) in [7, 11) is 0. The SMILES string of the molecule is NC(=O)C=C1C(=O)N(Cc2ccccc2)c2ccccc21. The van der Waals surface area contributed by atoms with E-state index in [1.54, 1.807) is 4.90 Å². The first-order valence-electron chi connectivity index (χ1n) is 6.63. The molecule has 0 saturated carbocycles. The van der Waals surface area contributed by atoms with Crippen molar-refractivity contribution in [1.82, 2.24) is 0 Å². The van der Waals surface area contributed by atoms with Crippen molar-refractivity contribution in [3.8, 4) is 0 Å². The number of anilines is 1. The number of benzene rings is 2. The van der Waals surface area contributed by atoms with E-state index in [2.05, 4.69) is 0 Å². The standard InChI is InChI=1S/C17H14N2O2/c18-16(20)10-14-13-8-4-5-9-15(13)19(17(14)21)11-12-6-2-1-3-7-12/h1-10H,11H2,(H2,18,20). The van der Waals surface area contributed by atoms with Gasteiger partial charge in [0.15, 0.2) is 0 Å². The number of primary amides is 1. The van der Waals surface area contributed by atoms with Crippen LogP contribution in [0, 0.1) is 0 Å². The van der Waals surface area contributed by atoms with Gasteiger partial charge in [0.25, 0.3) is 5.91 Å². The number of amides is 2. The fraction of sp³-hybridized carbons (Fsp3) is 0.0588. The summed E-state index contributed by atoms with van der Waals surface area (Å²) in [6, 6.07) is 17.1. The summed E-state index contributed by atoms with van der Waals surface area (Å²) >= 11 is 0. The number of carbonyl (C=O) groups is 2. The molecule has 2 amide bonds. The molecule has 0 saturated heterocycles. The van der Waals surface area contributed by atoms with Crippen LogP contribution in [0.25, 0.3) is 5.57 Å². The molecule has 1 heterocycles. The third-order valence-corrected chi connectivity index (χ3v) is 3.43. The third-order valence-electron chi connectivity index (χ3n) is 3.43. The first-order valence-corrected chi connectivity index (χ1v) is 6.63. The van der Waals surface area contributed by atoms with Crippen molar-refractivity contribution in [3.05, 3.63) is 71.8 Å². The van der Waals surface area contributed by atoms with Gasteiger partial charge in [0.1, 0.15) is 0 Å². The number of carbonyl (C=O) groups excluding carboxylic acids is 2. The molecule has 0 bridgehead atoms. The Bertz CT molecular complexity index is 735. The summed E-state index contributed by atoms with van der Waals surface area (Å²) < 4.78 is 0. The number of hydrogen-bond donors (Lipinski definition) is 1. The van der Waals surface area contributed by atoms with Crippen LogP contribution in [-0.4, -0.2) is 11.8 Å². The highest BCUT2D eigenvalue weighted by Crippen LogP contribution is 2.37. The predicted octanol–water partition coefficient (Wildman–Crippen LogP) is 2.10. The maximum absolute atomic E-state index is 12.6. The summed E-state index contributed by atoms with van der Waals surface area (Å²) in [6.45, 7) is 0.465. The summed E-state index contributed by atoms with van der Waals surface area (Å²) in [5.74, 6) is -0.812. The van der Waals surface area contributed by atoms with Crippen molar-refractivity contribution < 1.29 is 9.59 Å². The zero-order valence-electron chi connectivity index (χ0n) is 11.3. The third kappa shape index (κ3) is 2.43. The molecule has 104 valence electrons. The van der Waals surface area contributed by atoms with Crippen molar-refractivity contribution in [2.45, 2.75) is 6.54 Å². The van der Waals surface area contributed by atoms with Crippen molar-refractivity contribution in [3.63, 3.8) is 0 Å². The van der Waals surface area contributed by atoms with Crippen LogP contribution in [0.1, 0.15) is 11.1 Å². The number of hydrogen-bond acceptors (Lipinski definition) is 2. The molecule has 21 heavy (non-hydrogen) atoms. The summed E-state index contributed by atoms with van der Waals surface area (Å²) in [6.07, 6.45) is 1.20. The monoisotopic (exact) mass is 278 g/mol. The van der Waals surface area contributed by atoms with Gasteiger partial charge in [0.2, 0.25) is 5.91 Å². The number of fused-ring (bicyclic) bond motifs is 1. The molecular formula is C17H14N2O2. The van der Waals surface area contributed by atoms with Gasteiger partial charge >= 0.3 is 0 Å². The van der Waals surface area contributed by atoms with Crippen LogP contribution >= 0.6 is 0 Å².